The van der Waals surface area contributed by atoms with Crippen molar-refractivity contribution in [3.8, 4) is 11.5 Å². The molecule has 6 nitrogen and oxygen atoms in total. The summed E-state index contributed by atoms with van der Waals surface area (Å²) in [5, 5.41) is 9.81. The van der Waals surface area contributed by atoms with Gasteiger partial charge in [0.2, 0.25) is 0 Å². The van der Waals surface area contributed by atoms with Crippen molar-refractivity contribution in [2.45, 2.75) is 12.5 Å². The Morgan fingerprint density at radius 3 is 2.33 bits per heavy atom. The zero-order chi connectivity index (χ0) is 19.2. The second-order valence-corrected chi connectivity index (χ2v) is 6.59. The number of anilines is 1. The number of carboxylic acid groups (broad SMARTS) is 1. The molecule has 6 heteroatoms. The quantitative estimate of drug-likeness (QED) is 0.808. The Morgan fingerprint density at radius 2 is 1.74 bits per heavy atom. The number of piperazine rings is 1. The Balaban J connectivity index is 1.69. The SMILES string of the molecule is COc1ccc(C[C@H](C(=O)O)N2CCN(c3ccccc3)CC2)c(OC)c1. The van der Waals surface area contributed by atoms with Crippen LogP contribution in [0.25, 0.3) is 0 Å². The van der Waals surface area contributed by atoms with Crippen LogP contribution in [0, 0.1) is 0 Å². The first-order valence-electron chi connectivity index (χ1n) is 9.10. The van der Waals surface area contributed by atoms with E-state index in [0.29, 0.717) is 31.0 Å². The largest absolute Gasteiger partial charge is 0.497 e. The molecule has 1 aliphatic rings. The minimum Gasteiger partial charge on any atom is -0.497 e. The van der Waals surface area contributed by atoms with Crippen LogP contribution in [0.1, 0.15) is 5.56 Å². The van der Waals surface area contributed by atoms with Gasteiger partial charge in [0.05, 0.1) is 14.2 Å². The average Bonchev–Trinajstić information content (AvgIpc) is 2.72. The van der Waals surface area contributed by atoms with Crippen molar-refractivity contribution < 1.29 is 19.4 Å². The molecule has 1 N–H and O–H groups in total. The van der Waals surface area contributed by atoms with Crippen LogP contribution in [0.3, 0.4) is 0 Å². The van der Waals surface area contributed by atoms with Gasteiger partial charge in [-0.25, -0.2) is 0 Å². The number of carbonyl (C=O) groups is 1. The average molecular weight is 370 g/mol. The zero-order valence-corrected chi connectivity index (χ0v) is 15.8. The van der Waals surface area contributed by atoms with Gasteiger partial charge in [0, 0.05) is 44.4 Å². The van der Waals surface area contributed by atoms with Crippen molar-refractivity contribution in [2.75, 3.05) is 45.3 Å². The number of aliphatic carboxylic acids is 1. The Morgan fingerprint density at radius 1 is 1.04 bits per heavy atom. The van der Waals surface area contributed by atoms with Crippen molar-refractivity contribution >= 4 is 11.7 Å². The van der Waals surface area contributed by atoms with Crippen LogP contribution < -0.4 is 14.4 Å². The van der Waals surface area contributed by atoms with Gasteiger partial charge in [-0.15, -0.1) is 0 Å². The minimum atomic E-state index is -0.805. The Hall–Kier alpha value is -2.73. The van der Waals surface area contributed by atoms with Crippen molar-refractivity contribution in [1.82, 2.24) is 4.90 Å². The van der Waals surface area contributed by atoms with E-state index in [1.807, 2.05) is 35.2 Å². The lowest BCUT2D eigenvalue weighted by Crippen LogP contribution is -2.53. The van der Waals surface area contributed by atoms with Gasteiger partial charge in [0.25, 0.3) is 0 Å². The lowest BCUT2D eigenvalue weighted by molar-refractivity contribution is -0.143. The van der Waals surface area contributed by atoms with E-state index < -0.39 is 12.0 Å². The normalized spacial score (nSPS) is 16.0. The van der Waals surface area contributed by atoms with Gasteiger partial charge in [-0.3, -0.25) is 9.69 Å². The molecule has 1 saturated heterocycles. The first kappa shape index (κ1) is 19.0. The maximum absolute atomic E-state index is 12.0. The van der Waals surface area contributed by atoms with Crippen LogP contribution in [0.5, 0.6) is 11.5 Å². The predicted molar refractivity (Wildman–Crippen MR) is 105 cm³/mol. The summed E-state index contributed by atoms with van der Waals surface area (Å²) in [4.78, 5) is 16.3. The van der Waals surface area contributed by atoms with Crippen molar-refractivity contribution in [1.29, 1.82) is 0 Å². The number of hydrogen-bond donors (Lipinski definition) is 1. The number of benzene rings is 2. The van der Waals surface area contributed by atoms with Gasteiger partial charge in [-0.1, -0.05) is 24.3 Å². The lowest BCUT2D eigenvalue weighted by atomic mass is 10.0. The summed E-state index contributed by atoms with van der Waals surface area (Å²) in [7, 11) is 3.19. The molecule has 2 aromatic carbocycles. The third-order valence-electron chi connectivity index (χ3n) is 5.07. The van der Waals surface area contributed by atoms with Gasteiger partial charge in [-0.05, 0) is 23.8 Å². The molecule has 3 rings (SSSR count). The van der Waals surface area contributed by atoms with Crippen molar-refractivity contribution in [3.63, 3.8) is 0 Å². The van der Waals surface area contributed by atoms with Gasteiger partial charge >= 0.3 is 5.97 Å². The van der Waals surface area contributed by atoms with Gasteiger partial charge in [0.15, 0.2) is 0 Å². The molecule has 0 aromatic heterocycles. The first-order chi connectivity index (χ1) is 13.1. The molecular formula is C21H26N2O4. The second-order valence-electron chi connectivity index (χ2n) is 6.59. The number of nitrogens with zero attached hydrogens (tertiary/aromatic N) is 2. The number of hydrogen-bond acceptors (Lipinski definition) is 5. The molecule has 144 valence electrons. The molecule has 1 aliphatic heterocycles. The molecule has 0 radical (unpaired) electrons. The van der Waals surface area contributed by atoms with Crippen LogP contribution in [-0.2, 0) is 11.2 Å². The van der Waals surface area contributed by atoms with E-state index in [1.165, 1.54) is 5.69 Å². The molecule has 0 spiro atoms. The fraction of sp³-hybridized carbons (Fsp3) is 0.381. The molecule has 0 amide bonds. The van der Waals surface area contributed by atoms with E-state index >= 15 is 0 Å². The molecule has 0 unspecified atom stereocenters. The van der Waals surface area contributed by atoms with E-state index in [2.05, 4.69) is 17.0 Å². The molecule has 27 heavy (non-hydrogen) atoms. The van der Waals surface area contributed by atoms with Gasteiger partial charge < -0.3 is 19.5 Å². The highest BCUT2D eigenvalue weighted by Gasteiger charge is 2.30. The third-order valence-corrected chi connectivity index (χ3v) is 5.07. The molecular weight excluding hydrogens is 344 g/mol. The second kappa shape index (κ2) is 8.77. The molecule has 0 bridgehead atoms. The topological polar surface area (TPSA) is 62.2 Å². The predicted octanol–water partition coefficient (Wildman–Crippen LogP) is 2.52. The number of rotatable bonds is 7. The van der Waals surface area contributed by atoms with Gasteiger partial charge in [-0.2, -0.15) is 0 Å². The molecule has 1 fully saturated rings. The summed E-state index contributed by atoms with van der Waals surface area (Å²) in [5.74, 6) is 0.545. The van der Waals surface area contributed by atoms with E-state index in [1.54, 1.807) is 20.3 Å². The highest BCUT2D eigenvalue weighted by molar-refractivity contribution is 5.74. The highest BCUT2D eigenvalue weighted by Crippen LogP contribution is 2.27. The Bertz CT molecular complexity index is 758. The lowest BCUT2D eigenvalue weighted by Gasteiger charge is -2.39. The van der Waals surface area contributed by atoms with E-state index in [4.69, 9.17) is 9.47 Å². The smallest absolute Gasteiger partial charge is 0.321 e. The summed E-state index contributed by atoms with van der Waals surface area (Å²) in [6.07, 6.45) is 0.397. The first-order valence-corrected chi connectivity index (χ1v) is 9.10. The summed E-state index contributed by atoms with van der Waals surface area (Å²) < 4.78 is 10.7. The molecule has 0 aliphatic carbocycles. The zero-order valence-electron chi connectivity index (χ0n) is 15.8. The summed E-state index contributed by atoms with van der Waals surface area (Å²) >= 11 is 0. The van der Waals surface area contributed by atoms with E-state index in [9.17, 15) is 9.90 Å². The molecule has 0 saturated carbocycles. The maximum atomic E-state index is 12.0. The van der Waals surface area contributed by atoms with Crippen molar-refractivity contribution in [3.05, 3.63) is 54.1 Å². The van der Waals surface area contributed by atoms with Gasteiger partial charge in [0.1, 0.15) is 17.5 Å². The molecule has 1 atom stereocenters. The number of para-hydroxylation sites is 1. The maximum Gasteiger partial charge on any atom is 0.321 e. The molecule has 2 aromatic rings. The standard InChI is InChI=1S/C21H26N2O4/c1-26-18-9-8-16(20(15-18)27-2)14-19(21(24)25)23-12-10-22(11-13-23)17-6-4-3-5-7-17/h3-9,15,19H,10-14H2,1-2H3,(H,24,25)/t19-/m1/s1. The highest BCUT2D eigenvalue weighted by atomic mass is 16.5. The number of ether oxygens (including phenoxy) is 2. The Kier molecular flexibility index (Phi) is 6.19. The number of carboxylic acids is 1. The minimum absolute atomic E-state index is 0.397. The van der Waals surface area contributed by atoms with Crippen LogP contribution in [-0.4, -0.2) is 62.4 Å². The fourth-order valence-corrected chi connectivity index (χ4v) is 3.53. The number of methoxy groups -OCH3 is 2. The van der Waals surface area contributed by atoms with E-state index in [0.717, 1.165) is 18.7 Å². The van der Waals surface area contributed by atoms with Crippen LogP contribution in [0.2, 0.25) is 0 Å². The van der Waals surface area contributed by atoms with E-state index in [-0.39, 0.29) is 0 Å². The monoisotopic (exact) mass is 370 g/mol. The van der Waals surface area contributed by atoms with Crippen molar-refractivity contribution in [2.24, 2.45) is 0 Å². The van der Waals surface area contributed by atoms with Crippen LogP contribution in [0.4, 0.5) is 5.69 Å². The summed E-state index contributed by atoms with van der Waals surface area (Å²) in [6.45, 7) is 3.05. The molecule has 1 heterocycles. The summed E-state index contributed by atoms with van der Waals surface area (Å²) in [5.41, 5.74) is 2.05. The third kappa shape index (κ3) is 4.52. The Labute approximate surface area is 159 Å². The van der Waals surface area contributed by atoms with Crippen LogP contribution >= 0.6 is 0 Å². The summed E-state index contributed by atoms with van der Waals surface area (Å²) in [6, 6.07) is 15.2. The van der Waals surface area contributed by atoms with Crippen LogP contribution in [0.15, 0.2) is 48.5 Å². The fourth-order valence-electron chi connectivity index (χ4n) is 3.53.